The van der Waals surface area contributed by atoms with E-state index in [1.54, 1.807) is 0 Å². The van der Waals surface area contributed by atoms with Crippen molar-refractivity contribution in [3.8, 4) is 0 Å². The number of ether oxygens (including phenoxy) is 1. The summed E-state index contributed by atoms with van der Waals surface area (Å²) in [5, 5.41) is 2.53. The van der Waals surface area contributed by atoms with Crippen molar-refractivity contribution in [1.29, 1.82) is 0 Å². The molecule has 150 valence electrons. The van der Waals surface area contributed by atoms with Gasteiger partial charge in [0.15, 0.2) is 0 Å². The number of esters is 1. The summed E-state index contributed by atoms with van der Waals surface area (Å²) in [6.45, 7) is 1.91. The standard InChI is InChI=1S/C14H15Br3N2O7S/c1-6(20)18-12-9(15)8(14(22)26-4-5-27(23,24)25)10(16)13(11(12)17)19(3)7(2)21/h4-5H2,1-3H3,(H,18,20)(H,23,24,25)/p-1. The van der Waals surface area contributed by atoms with Crippen molar-refractivity contribution >= 4 is 87.1 Å². The lowest BCUT2D eigenvalue weighted by Gasteiger charge is -2.24. The molecule has 0 fully saturated rings. The van der Waals surface area contributed by atoms with Crippen molar-refractivity contribution < 1.29 is 32.1 Å². The molecular weight excluding hydrogens is 580 g/mol. The third-order valence-corrected chi connectivity index (χ3v) is 6.18. The summed E-state index contributed by atoms with van der Waals surface area (Å²) in [7, 11) is -3.10. The fourth-order valence-electron chi connectivity index (χ4n) is 1.88. The SMILES string of the molecule is CC(=O)Nc1c(Br)c(C(=O)OCCS(=O)(=O)[O-])c(Br)c(N(C)C(C)=O)c1Br. The van der Waals surface area contributed by atoms with Crippen LogP contribution in [0.4, 0.5) is 11.4 Å². The van der Waals surface area contributed by atoms with E-state index >= 15 is 0 Å². The number of amides is 2. The van der Waals surface area contributed by atoms with Gasteiger partial charge in [-0.3, -0.25) is 9.59 Å². The van der Waals surface area contributed by atoms with E-state index in [1.807, 2.05) is 0 Å². The molecule has 0 saturated heterocycles. The van der Waals surface area contributed by atoms with Crippen molar-refractivity contribution in [2.75, 3.05) is 29.6 Å². The third-order valence-electron chi connectivity index (χ3n) is 3.17. The summed E-state index contributed by atoms with van der Waals surface area (Å²) in [6.07, 6.45) is 0. The summed E-state index contributed by atoms with van der Waals surface area (Å²) in [4.78, 5) is 37.0. The molecule has 0 radical (unpaired) electrons. The van der Waals surface area contributed by atoms with Gasteiger partial charge >= 0.3 is 5.97 Å². The first kappa shape index (κ1) is 24.0. The van der Waals surface area contributed by atoms with Gasteiger partial charge in [-0.15, -0.1) is 0 Å². The summed E-state index contributed by atoms with van der Waals surface area (Å²) in [5.41, 5.74) is 0.295. The van der Waals surface area contributed by atoms with Crippen molar-refractivity contribution in [2.24, 2.45) is 0 Å². The molecule has 0 saturated carbocycles. The first-order chi connectivity index (χ1) is 12.3. The Kier molecular flexibility index (Phi) is 8.41. The molecule has 0 unspecified atom stereocenters. The van der Waals surface area contributed by atoms with Crippen LogP contribution in [0.2, 0.25) is 0 Å². The fraction of sp³-hybridized carbons (Fsp3) is 0.357. The Labute approximate surface area is 180 Å². The fourth-order valence-corrected chi connectivity index (χ4v) is 5.21. The first-order valence-electron chi connectivity index (χ1n) is 7.11. The maximum atomic E-state index is 12.5. The minimum atomic E-state index is -4.55. The lowest BCUT2D eigenvalue weighted by atomic mass is 10.1. The van der Waals surface area contributed by atoms with Crippen molar-refractivity contribution in [3.63, 3.8) is 0 Å². The number of halogens is 3. The zero-order valence-corrected chi connectivity index (χ0v) is 19.8. The molecule has 1 N–H and O–H groups in total. The molecule has 1 aromatic rings. The molecule has 13 heteroatoms. The minimum absolute atomic E-state index is 0.103. The van der Waals surface area contributed by atoms with Gasteiger partial charge in [-0.2, -0.15) is 0 Å². The van der Waals surface area contributed by atoms with Crippen LogP contribution < -0.4 is 10.2 Å². The highest BCUT2D eigenvalue weighted by Crippen LogP contribution is 2.47. The van der Waals surface area contributed by atoms with Gasteiger partial charge in [0.25, 0.3) is 0 Å². The van der Waals surface area contributed by atoms with Crippen LogP contribution in [0, 0.1) is 0 Å². The van der Waals surface area contributed by atoms with Crippen LogP contribution in [0.15, 0.2) is 13.4 Å². The zero-order chi connectivity index (χ0) is 21.1. The van der Waals surface area contributed by atoms with Gasteiger partial charge in [-0.05, 0) is 47.8 Å². The second-order valence-corrected chi connectivity index (χ2v) is 9.10. The number of hydrogen-bond donors (Lipinski definition) is 1. The summed E-state index contributed by atoms with van der Waals surface area (Å²) in [5.74, 6) is -2.64. The molecule has 0 aromatic heterocycles. The van der Waals surface area contributed by atoms with Crippen molar-refractivity contribution in [3.05, 3.63) is 19.0 Å². The zero-order valence-electron chi connectivity index (χ0n) is 14.3. The topological polar surface area (TPSA) is 133 Å². The van der Waals surface area contributed by atoms with Crippen molar-refractivity contribution in [1.82, 2.24) is 0 Å². The largest absolute Gasteiger partial charge is 0.748 e. The average molecular weight is 594 g/mol. The van der Waals surface area contributed by atoms with Gasteiger partial charge in [-0.25, -0.2) is 13.2 Å². The van der Waals surface area contributed by atoms with E-state index in [1.165, 1.54) is 25.8 Å². The van der Waals surface area contributed by atoms with E-state index in [4.69, 9.17) is 4.74 Å². The number of benzene rings is 1. The lowest BCUT2D eigenvalue weighted by Crippen LogP contribution is -2.25. The maximum Gasteiger partial charge on any atom is 0.340 e. The first-order valence-corrected chi connectivity index (χ1v) is 11.1. The molecule has 1 rings (SSSR count). The van der Waals surface area contributed by atoms with Gasteiger partial charge in [0.1, 0.15) is 6.61 Å². The second kappa shape index (κ2) is 9.45. The van der Waals surface area contributed by atoms with E-state index in [0.29, 0.717) is 4.47 Å². The van der Waals surface area contributed by atoms with Crippen LogP contribution in [-0.4, -0.2) is 50.2 Å². The number of rotatable bonds is 6. The predicted octanol–water partition coefficient (Wildman–Crippen LogP) is 2.62. The van der Waals surface area contributed by atoms with E-state index in [2.05, 4.69) is 53.1 Å². The Bertz CT molecular complexity index is 903. The summed E-state index contributed by atoms with van der Waals surface area (Å²) >= 11 is 9.74. The van der Waals surface area contributed by atoms with Crippen LogP contribution >= 0.6 is 47.8 Å². The molecule has 2 amide bonds. The van der Waals surface area contributed by atoms with Gasteiger partial charge < -0.3 is 19.5 Å². The molecule has 0 aliphatic carbocycles. The smallest absolute Gasteiger partial charge is 0.340 e. The highest BCUT2D eigenvalue weighted by Gasteiger charge is 2.28. The summed E-state index contributed by atoms with van der Waals surface area (Å²) in [6, 6.07) is 0. The minimum Gasteiger partial charge on any atom is -0.748 e. The highest BCUT2D eigenvalue weighted by molar-refractivity contribution is 9.12. The normalized spacial score (nSPS) is 11.1. The van der Waals surface area contributed by atoms with E-state index in [0.717, 1.165) is 0 Å². The Morgan fingerprint density at radius 2 is 1.67 bits per heavy atom. The van der Waals surface area contributed by atoms with E-state index in [-0.39, 0.29) is 31.8 Å². The Hall–Kier alpha value is -1.02. The highest BCUT2D eigenvalue weighted by atomic mass is 79.9. The molecule has 1 aromatic carbocycles. The number of anilines is 2. The second-order valence-electron chi connectivity index (χ2n) is 5.20. The number of carbonyl (C=O) groups excluding carboxylic acids is 3. The van der Waals surface area contributed by atoms with Gasteiger partial charge in [0, 0.05) is 20.9 Å². The van der Waals surface area contributed by atoms with Crippen LogP contribution in [-0.2, 0) is 24.4 Å². The quantitative estimate of drug-likeness (QED) is 0.396. The van der Waals surface area contributed by atoms with Gasteiger partial charge in [0.2, 0.25) is 11.8 Å². The van der Waals surface area contributed by atoms with Crippen molar-refractivity contribution in [2.45, 2.75) is 13.8 Å². The van der Waals surface area contributed by atoms with Crippen LogP contribution in [0.25, 0.3) is 0 Å². The van der Waals surface area contributed by atoms with Crippen LogP contribution in [0.5, 0.6) is 0 Å². The monoisotopic (exact) mass is 591 g/mol. The number of nitrogens with one attached hydrogen (secondary N) is 1. The molecule has 0 spiro atoms. The number of carbonyl (C=O) groups is 3. The van der Waals surface area contributed by atoms with E-state index < -0.39 is 34.4 Å². The molecular formula is C14H14Br3N2O7S-. The Morgan fingerprint density at radius 1 is 1.11 bits per heavy atom. The average Bonchev–Trinajstić information content (AvgIpc) is 2.49. The van der Waals surface area contributed by atoms with Gasteiger partial charge in [0.05, 0.1) is 46.2 Å². The molecule has 0 heterocycles. The summed E-state index contributed by atoms with van der Waals surface area (Å²) < 4.78 is 37.4. The number of nitrogens with zero attached hydrogens (tertiary/aromatic N) is 1. The predicted molar refractivity (Wildman–Crippen MR) is 108 cm³/mol. The van der Waals surface area contributed by atoms with Gasteiger partial charge in [-0.1, -0.05) is 0 Å². The lowest BCUT2D eigenvalue weighted by molar-refractivity contribution is -0.116. The Balaban J connectivity index is 3.53. The number of hydrogen-bond acceptors (Lipinski definition) is 7. The molecule has 0 bridgehead atoms. The third kappa shape index (κ3) is 6.24. The molecule has 0 aliphatic rings. The van der Waals surface area contributed by atoms with Crippen LogP contribution in [0.3, 0.4) is 0 Å². The maximum absolute atomic E-state index is 12.5. The van der Waals surface area contributed by atoms with Crippen LogP contribution in [0.1, 0.15) is 24.2 Å². The van der Waals surface area contributed by atoms with E-state index in [9.17, 15) is 27.4 Å². The molecule has 0 atom stereocenters. The molecule has 27 heavy (non-hydrogen) atoms. The Morgan fingerprint density at radius 3 is 2.11 bits per heavy atom. The molecule has 9 nitrogen and oxygen atoms in total. The molecule has 0 aliphatic heterocycles.